The van der Waals surface area contributed by atoms with Crippen LogP contribution in [-0.4, -0.2) is 16.1 Å². The number of rotatable bonds is 4. The van der Waals surface area contributed by atoms with Crippen molar-refractivity contribution in [2.24, 2.45) is 0 Å². The number of hydrogen-bond donors (Lipinski definition) is 2. The summed E-state index contributed by atoms with van der Waals surface area (Å²) >= 11 is 0. The van der Waals surface area contributed by atoms with Gasteiger partial charge >= 0.3 is 5.97 Å². The van der Waals surface area contributed by atoms with Crippen molar-refractivity contribution in [2.45, 2.75) is 20.4 Å². The average molecular weight is 274 g/mol. The Morgan fingerprint density at radius 2 is 2.00 bits per heavy atom. The van der Waals surface area contributed by atoms with Crippen molar-refractivity contribution >= 4 is 11.7 Å². The van der Waals surface area contributed by atoms with E-state index in [4.69, 9.17) is 5.11 Å². The molecule has 0 aliphatic rings. The molecule has 2 rings (SSSR count). The monoisotopic (exact) mass is 274 g/mol. The molecule has 0 atom stereocenters. The Bertz CT molecular complexity index is 633. The number of anilines is 1. The van der Waals surface area contributed by atoms with Gasteiger partial charge in [-0.05, 0) is 36.6 Å². The fourth-order valence-corrected chi connectivity index (χ4v) is 2.05. The Hall–Kier alpha value is -2.43. The lowest BCUT2D eigenvalue weighted by Crippen LogP contribution is -2.07. The van der Waals surface area contributed by atoms with Gasteiger partial charge in [-0.1, -0.05) is 12.1 Å². The van der Waals surface area contributed by atoms with E-state index in [1.807, 2.05) is 0 Å². The second kappa shape index (κ2) is 5.69. The van der Waals surface area contributed by atoms with E-state index in [0.717, 1.165) is 5.56 Å². The van der Waals surface area contributed by atoms with Gasteiger partial charge in [0, 0.05) is 18.9 Å². The maximum atomic E-state index is 13.5. The number of benzene rings is 1. The van der Waals surface area contributed by atoms with Crippen LogP contribution in [0.2, 0.25) is 0 Å². The van der Waals surface area contributed by atoms with E-state index in [1.54, 1.807) is 32.0 Å². The minimum atomic E-state index is -1.04. The van der Waals surface area contributed by atoms with E-state index in [9.17, 15) is 9.18 Å². The first-order chi connectivity index (χ1) is 9.49. The summed E-state index contributed by atoms with van der Waals surface area (Å²) in [5.41, 5.74) is 2.66. The summed E-state index contributed by atoms with van der Waals surface area (Å²) in [5, 5.41) is 12.1. The van der Waals surface area contributed by atoms with Crippen LogP contribution in [0.15, 0.2) is 30.6 Å². The topological polar surface area (TPSA) is 62.2 Å². The molecule has 0 bridgehead atoms. The number of nitrogens with zero attached hydrogens (tertiary/aromatic N) is 1. The first kappa shape index (κ1) is 14.0. The highest BCUT2D eigenvalue weighted by Gasteiger charge is 2.10. The number of aryl methyl sites for hydroxylation is 2. The third kappa shape index (κ3) is 2.93. The standard InChI is InChI=1S/C15H15FN2O2/c1-9-5-11(6-10(2)14(9)16)7-18-13-3-4-17-8-12(13)15(19)20/h3-6,8H,7H2,1-2H3,(H,17,18)(H,19,20). The van der Waals surface area contributed by atoms with Crippen molar-refractivity contribution in [1.82, 2.24) is 4.98 Å². The fraction of sp³-hybridized carbons (Fsp3) is 0.200. The normalized spacial score (nSPS) is 10.3. The van der Waals surface area contributed by atoms with Gasteiger partial charge in [0.2, 0.25) is 0 Å². The van der Waals surface area contributed by atoms with E-state index in [2.05, 4.69) is 10.3 Å². The highest BCUT2D eigenvalue weighted by molar-refractivity contribution is 5.93. The van der Waals surface area contributed by atoms with E-state index in [0.29, 0.717) is 23.4 Å². The zero-order chi connectivity index (χ0) is 14.7. The summed E-state index contributed by atoms with van der Waals surface area (Å²) in [7, 11) is 0. The molecule has 0 unspecified atom stereocenters. The van der Waals surface area contributed by atoms with Crippen LogP contribution in [0.5, 0.6) is 0 Å². The summed E-state index contributed by atoms with van der Waals surface area (Å²) in [4.78, 5) is 14.8. The number of aromatic nitrogens is 1. The van der Waals surface area contributed by atoms with E-state index in [1.165, 1.54) is 12.4 Å². The number of halogens is 1. The minimum Gasteiger partial charge on any atom is -0.478 e. The molecule has 4 nitrogen and oxygen atoms in total. The van der Waals surface area contributed by atoms with Gasteiger partial charge in [-0.2, -0.15) is 0 Å². The molecular formula is C15H15FN2O2. The van der Waals surface area contributed by atoms with Gasteiger partial charge in [-0.25, -0.2) is 9.18 Å². The molecule has 0 saturated heterocycles. The number of pyridine rings is 1. The predicted molar refractivity (Wildman–Crippen MR) is 74.4 cm³/mol. The molecule has 1 aromatic carbocycles. The van der Waals surface area contributed by atoms with E-state index < -0.39 is 5.97 Å². The predicted octanol–water partition coefficient (Wildman–Crippen LogP) is 3.15. The minimum absolute atomic E-state index is 0.114. The molecule has 2 aromatic rings. The van der Waals surface area contributed by atoms with Crippen LogP contribution in [0.25, 0.3) is 0 Å². The van der Waals surface area contributed by atoms with Crippen LogP contribution in [0, 0.1) is 19.7 Å². The second-order valence-corrected chi connectivity index (χ2v) is 4.62. The SMILES string of the molecule is Cc1cc(CNc2ccncc2C(=O)O)cc(C)c1F. The molecule has 2 N–H and O–H groups in total. The van der Waals surface area contributed by atoms with Gasteiger partial charge in [0.1, 0.15) is 11.4 Å². The zero-order valence-electron chi connectivity index (χ0n) is 11.3. The summed E-state index contributed by atoms with van der Waals surface area (Å²) in [6, 6.07) is 5.10. The highest BCUT2D eigenvalue weighted by atomic mass is 19.1. The molecule has 0 radical (unpaired) electrons. The molecule has 0 saturated carbocycles. The van der Waals surface area contributed by atoms with Gasteiger partial charge < -0.3 is 10.4 Å². The van der Waals surface area contributed by atoms with Gasteiger partial charge in [0.05, 0.1) is 5.69 Å². The zero-order valence-corrected chi connectivity index (χ0v) is 11.3. The van der Waals surface area contributed by atoms with Crippen molar-refractivity contribution in [3.8, 4) is 0 Å². The summed E-state index contributed by atoms with van der Waals surface area (Å²) < 4.78 is 13.5. The molecule has 0 spiro atoms. The van der Waals surface area contributed by atoms with Gasteiger partial charge in [0.25, 0.3) is 0 Å². The second-order valence-electron chi connectivity index (χ2n) is 4.62. The average Bonchev–Trinajstić information content (AvgIpc) is 2.42. The van der Waals surface area contributed by atoms with Crippen molar-refractivity contribution in [3.63, 3.8) is 0 Å². The lowest BCUT2D eigenvalue weighted by atomic mass is 10.1. The summed E-state index contributed by atoms with van der Waals surface area (Å²) in [6.07, 6.45) is 2.82. The maximum absolute atomic E-state index is 13.5. The molecule has 0 aliphatic carbocycles. The summed E-state index contributed by atoms with van der Waals surface area (Å²) in [6.45, 7) is 3.84. The Balaban J connectivity index is 2.19. The van der Waals surface area contributed by atoms with Crippen LogP contribution in [0.3, 0.4) is 0 Å². The smallest absolute Gasteiger partial charge is 0.339 e. The number of carboxylic acids is 1. The van der Waals surface area contributed by atoms with Crippen molar-refractivity contribution in [1.29, 1.82) is 0 Å². The van der Waals surface area contributed by atoms with Crippen LogP contribution in [-0.2, 0) is 6.54 Å². The lowest BCUT2D eigenvalue weighted by molar-refractivity contribution is 0.0697. The third-order valence-corrected chi connectivity index (χ3v) is 3.03. The maximum Gasteiger partial charge on any atom is 0.339 e. The first-order valence-electron chi connectivity index (χ1n) is 6.16. The van der Waals surface area contributed by atoms with Crippen molar-refractivity contribution in [2.75, 3.05) is 5.32 Å². The Morgan fingerprint density at radius 3 is 2.60 bits per heavy atom. The van der Waals surface area contributed by atoms with Crippen LogP contribution in [0.1, 0.15) is 27.0 Å². The first-order valence-corrected chi connectivity index (χ1v) is 6.16. The molecule has 1 aromatic heterocycles. The Morgan fingerprint density at radius 1 is 1.35 bits per heavy atom. The molecule has 0 aliphatic heterocycles. The van der Waals surface area contributed by atoms with Crippen LogP contribution in [0.4, 0.5) is 10.1 Å². The largest absolute Gasteiger partial charge is 0.478 e. The Labute approximate surface area is 116 Å². The number of carbonyl (C=O) groups is 1. The van der Waals surface area contributed by atoms with Gasteiger partial charge in [-0.15, -0.1) is 0 Å². The van der Waals surface area contributed by atoms with Crippen LogP contribution < -0.4 is 5.32 Å². The van der Waals surface area contributed by atoms with Gasteiger partial charge in [0.15, 0.2) is 0 Å². The highest BCUT2D eigenvalue weighted by Crippen LogP contribution is 2.18. The molecular weight excluding hydrogens is 259 g/mol. The molecule has 0 fully saturated rings. The summed E-state index contributed by atoms with van der Waals surface area (Å²) in [5.74, 6) is -1.24. The number of nitrogens with one attached hydrogen (secondary N) is 1. The van der Waals surface area contributed by atoms with Crippen LogP contribution >= 0.6 is 0 Å². The third-order valence-electron chi connectivity index (χ3n) is 3.03. The number of hydrogen-bond acceptors (Lipinski definition) is 3. The number of carboxylic acid groups (broad SMARTS) is 1. The lowest BCUT2D eigenvalue weighted by Gasteiger charge is -2.11. The van der Waals surface area contributed by atoms with E-state index >= 15 is 0 Å². The fourth-order valence-electron chi connectivity index (χ4n) is 2.05. The number of aromatic carboxylic acids is 1. The van der Waals surface area contributed by atoms with E-state index in [-0.39, 0.29) is 11.4 Å². The van der Waals surface area contributed by atoms with Gasteiger partial charge in [-0.3, -0.25) is 4.98 Å². The molecule has 1 heterocycles. The quantitative estimate of drug-likeness (QED) is 0.899. The Kier molecular flexibility index (Phi) is 3.98. The van der Waals surface area contributed by atoms with Crippen molar-refractivity contribution in [3.05, 3.63) is 58.7 Å². The molecule has 20 heavy (non-hydrogen) atoms. The van der Waals surface area contributed by atoms with Crippen molar-refractivity contribution < 1.29 is 14.3 Å². The molecule has 104 valence electrons. The molecule has 5 heteroatoms. The molecule has 0 amide bonds.